The summed E-state index contributed by atoms with van der Waals surface area (Å²) >= 11 is 0. The molecule has 0 radical (unpaired) electrons. The molecular weight excluding hydrogens is 426 g/mol. The number of ketones is 1. The smallest absolute Gasteiger partial charge is 0.138 e. The molecule has 0 aromatic heterocycles. The zero-order chi connectivity index (χ0) is 26.3. The third kappa shape index (κ3) is 18.5. The Bertz CT molecular complexity index is 462. The molecule has 0 aliphatic carbocycles. The van der Waals surface area contributed by atoms with Gasteiger partial charge < -0.3 is 5.32 Å². The summed E-state index contributed by atoms with van der Waals surface area (Å²) in [6, 6.07) is 0. The van der Waals surface area contributed by atoms with Gasteiger partial charge in [-0.3, -0.25) is 4.79 Å². The van der Waals surface area contributed by atoms with Crippen LogP contribution < -0.4 is 5.32 Å². The second kappa shape index (κ2) is 22.8. The quantitative estimate of drug-likeness (QED) is 0.115. The van der Waals surface area contributed by atoms with Crippen molar-refractivity contribution in [1.29, 1.82) is 0 Å². The summed E-state index contributed by atoms with van der Waals surface area (Å²) in [4.78, 5) is 13.3. The zero-order valence-electron chi connectivity index (χ0n) is 25.4. The molecule has 0 fully saturated rings. The predicted molar refractivity (Wildman–Crippen MR) is 158 cm³/mol. The van der Waals surface area contributed by atoms with Crippen molar-refractivity contribution >= 4 is 5.78 Å². The van der Waals surface area contributed by atoms with E-state index in [9.17, 15) is 4.79 Å². The number of unbranched alkanes of at least 4 members (excludes halogenated alkanes) is 13. The first-order valence-corrected chi connectivity index (χ1v) is 16.2. The van der Waals surface area contributed by atoms with Crippen LogP contribution >= 0.6 is 0 Å². The highest BCUT2D eigenvalue weighted by atomic mass is 16.1. The molecule has 1 atom stereocenters. The van der Waals surface area contributed by atoms with Crippen LogP contribution in [0.3, 0.4) is 0 Å². The van der Waals surface area contributed by atoms with Gasteiger partial charge in [0.15, 0.2) is 0 Å². The van der Waals surface area contributed by atoms with E-state index >= 15 is 0 Å². The van der Waals surface area contributed by atoms with Gasteiger partial charge in [0.2, 0.25) is 0 Å². The summed E-state index contributed by atoms with van der Waals surface area (Å²) in [5.41, 5.74) is 0.226. The maximum atomic E-state index is 13.3. The van der Waals surface area contributed by atoms with Crippen LogP contribution in [-0.2, 0) is 4.79 Å². The highest BCUT2D eigenvalue weighted by Crippen LogP contribution is 2.34. The highest BCUT2D eigenvalue weighted by molar-refractivity contribution is 5.84. The molecule has 0 heterocycles. The molecule has 0 aromatic rings. The molecule has 2 nitrogen and oxygen atoms in total. The SMILES string of the molecule is CCCCCCCC(C)(CCCC)NCCCCCC(=O)C(C)(CCCCCC)CCCCCC. The first-order valence-electron chi connectivity index (χ1n) is 16.2. The molecule has 0 bridgehead atoms. The normalized spacial score (nSPS) is 13.8. The molecular formula is C33H67NO. The first kappa shape index (κ1) is 34.6. The molecule has 1 unspecified atom stereocenters. The lowest BCUT2D eigenvalue weighted by Gasteiger charge is -2.32. The van der Waals surface area contributed by atoms with Crippen LogP contribution in [0.2, 0.25) is 0 Å². The molecule has 0 rings (SSSR count). The van der Waals surface area contributed by atoms with E-state index in [-0.39, 0.29) is 5.41 Å². The lowest BCUT2D eigenvalue weighted by Crippen LogP contribution is -2.42. The molecule has 0 amide bonds. The van der Waals surface area contributed by atoms with Crippen LogP contribution in [0.4, 0.5) is 0 Å². The van der Waals surface area contributed by atoms with Crippen molar-refractivity contribution in [1.82, 2.24) is 5.32 Å². The van der Waals surface area contributed by atoms with Crippen molar-refractivity contribution in [2.45, 2.75) is 195 Å². The van der Waals surface area contributed by atoms with Crippen LogP contribution in [0.1, 0.15) is 189 Å². The number of rotatable bonds is 27. The Morgan fingerprint density at radius 2 is 0.943 bits per heavy atom. The standard InChI is InChI=1S/C33H67NO/c1-7-11-15-18-23-29-33(6,28-14-10-4)34-30-24-19-20-25-31(35)32(5,26-21-16-12-8-2)27-22-17-13-9-3/h34H,7-30H2,1-6H3. The second-order valence-corrected chi connectivity index (χ2v) is 12.2. The molecule has 210 valence electrons. The fourth-order valence-electron chi connectivity index (χ4n) is 5.55. The van der Waals surface area contributed by atoms with Crippen molar-refractivity contribution in [3.05, 3.63) is 0 Å². The van der Waals surface area contributed by atoms with Gasteiger partial charge in [0.1, 0.15) is 5.78 Å². The Labute approximate surface area is 222 Å². The van der Waals surface area contributed by atoms with Gasteiger partial charge in [0.05, 0.1) is 0 Å². The largest absolute Gasteiger partial charge is 0.312 e. The van der Waals surface area contributed by atoms with Crippen LogP contribution in [-0.4, -0.2) is 17.9 Å². The van der Waals surface area contributed by atoms with Gasteiger partial charge in [-0.15, -0.1) is 0 Å². The summed E-state index contributed by atoms with van der Waals surface area (Å²) in [5, 5.41) is 3.93. The van der Waals surface area contributed by atoms with Gasteiger partial charge in [-0.25, -0.2) is 0 Å². The first-order chi connectivity index (χ1) is 16.9. The van der Waals surface area contributed by atoms with E-state index in [1.165, 1.54) is 122 Å². The topological polar surface area (TPSA) is 29.1 Å². The van der Waals surface area contributed by atoms with Crippen molar-refractivity contribution in [2.75, 3.05) is 6.54 Å². The monoisotopic (exact) mass is 494 g/mol. The van der Waals surface area contributed by atoms with E-state index in [1.54, 1.807) is 0 Å². The number of nitrogens with one attached hydrogen (secondary N) is 1. The van der Waals surface area contributed by atoms with Crippen LogP contribution in [0, 0.1) is 5.41 Å². The fourth-order valence-corrected chi connectivity index (χ4v) is 5.55. The molecule has 0 saturated carbocycles. The van der Waals surface area contributed by atoms with Crippen molar-refractivity contribution in [3.63, 3.8) is 0 Å². The zero-order valence-corrected chi connectivity index (χ0v) is 25.4. The second-order valence-electron chi connectivity index (χ2n) is 12.2. The van der Waals surface area contributed by atoms with Gasteiger partial charge in [0, 0.05) is 17.4 Å². The molecule has 0 saturated heterocycles. The molecule has 0 aliphatic rings. The Kier molecular flexibility index (Phi) is 22.6. The molecule has 0 aromatic carbocycles. The van der Waals surface area contributed by atoms with Gasteiger partial charge in [0.25, 0.3) is 0 Å². The summed E-state index contributed by atoms with van der Waals surface area (Å²) in [6.45, 7) is 15.0. The van der Waals surface area contributed by atoms with E-state index in [2.05, 4.69) is 46.9 Å². The van der Waals surface area contributed by atoms with Gasteiger partial charge in [-0.2, -0.15) is 0 Å². The Morgan fingerprint density at radius 1 is 0.514 bits per heavy atom. The molecule has 2 heteroatoms. The minimum Gasteiger partial charge on any atom is -0.312 e. The summed E-state index contributed by atoms with van der Waals surface area (Å²) in [6.07, 6.45) is 28.7. The predicted octanol–water partition coefficient (Wildman–Crippen LogP) is 11.0. The highest BCUT2D eigenvalue weighted by Gasteiger charge is 2.31. The van der Waals surface area contributed by atoms with Gasteiger partial charge >= 0.3 is 0 Å². The fraction of sp³-hybridized carbons (Fsp3) is 0.970. The maximum Gasteiger partial charge on any atom is 0.138 e. The minimum absolute atomic E-state index is 0.0732. The average Bonchev–Trinajstić information content (AvgIpc) is 2.85. The molecule has 0 spiro atoms. The van der Waals surface area contributed by atoms with E-state index < -0.39 is 0 Å². The van der Waals surface area contributed by atoms with E-state index in [1.807, 2.05) is 0 Å². The number of hydrogen-bond acceptors (Lipinski definition) is 2. The van der Waals surface area contributed by atoms with Crippen LogP contribution in [0.25, 0.3) is 0 Å². The van der Waals surface area contributed by atoms with E-state index in [0.29, 0.717) is 11.3 Å². The third-order valence-corrected chi connectivity index (χ3v) is 8.38. The number of hydrogen-bond donors (Lipinski definition) is 1. The third-order valence-electron chi connectivity index (χ3n) is 8.38. The maximum absolute atomic E-state index is 13.3. The van der Waals surface area contributed by atoms with Crippen molar-refractivity contribution < 1.29 is 4.79 Å². The van der Waals surface area contributed by atoms with E-state index in [4.69, 9.17) is 0 Å². The average molecular weight is 494 g/mol. The minimum atomic E-state index is -0.0732. The van der Waals surface area contributed by atoms with Crippen LogP contribution in [0.15, 0.2) is 0 Å². The Balaban J connectivity index is 4.42. The van der Waals surface area contributed by atoms with Crippen molar-refractivity contribution in [3.8, 4) is 0 Å². The summed E-state index contributed by atoms with van der Waals surface area (Å²) in [5.74, 6) is 0.554. The number of carbonyl (C=O) groups excluding carboxylic acids is 1. The Hall–Kier alpha value is -0.370. The Morgan fingerprint density at radius 3 is 1.49 bits per heavy atom. The lowest BCUT2D eigenvalue weighted by molar-refractivity contribution is -0.129. The van der Waals surface area contributed by atoms with Crippen molar-refractivity contribution in [2.24, 2.45) is 5.41 Å². The number of Topliss-reactive ketones (excluding diaryl/α,β-unsaturated/α-hetero) is 1. The molecule has 1 N–H and O–H groups in total. The summed E-state index contributed by atoms with van der Waals surface area (Å²) < 4.78 is 0. The number of carbonyl (C=O) groups is 1. The molecule has 0 aliphatic heterocycles. The van der Waals surface area contributed by atoms with E-state index in [0.717, 1.165) is 32.2 Å². The van der Waals surface area contributed by atoms with Crippen LogP contribution in [0.5, 0.6) is 0 Å². The van der Waals surface area contributed by atoms with Gasteiger partial charge in [-0.1, -0.05) is 137 Å². The van der Waals surface area contributed by atoms with Gasteiger partial charge in [-0.05, 0) is 52.0 Å². The molecule has 35 heavy (non-hydrogen) atoms. The summed E-state index contributed by atoms with van der Waals surface area (Å²) in [7, 11) is 0. The lowest BCUT2D eigenvalue weighted by atomic mass is 9.74.